The quantitative estimate of drug-likeness (QED) is 0.686. The van der Waals surface area contributed by atoms with Crippen molar-refractivity contribution in [2.24, 2.45) is 7.05 Å². The Bertz CT molecular complexity index is 710. The van der Waals surface area contributed by atoms with Gasteiger partial charge in [-0.1, -0.05) is 0 Å². The molecule has 0 saturated carbocycles. The standard InChI is InChI=1S/C15H19N5O2.ClH/c1-11-7-15(19-5-3-16-4-6-19)13(8-14(11)20(21)22)12-9-17-18(2)10-12;/h7-10,16H,3-6H2,1-2H3;1H. The average Bonchev–Trinajstić information content (AvgIpc) is 2.94. The minimum atomic E-state index is -0.323. The number of halogens is 1. The van der Waals surface area contributed by atoms with E-state index < -0.39 is 0 Å². The normalized spacial score (nSPS) is 14.4. The summed E-state index contributed by atoms with van der Waals surface area (Å²) in [6.07, 6.45) is 3.64. The second-order valence-corrected chi connectivity index (χ2v) is 5.55. The van der Waals surface area contributed by atoms with Crippen molar-refractivity contribution in [1.82, 2.24) is 15.1 Å². The number of hydrogen-bond donors (Lipinski definition) is 1. The lowest BCUT2D eigenvalue weighted by Gasteiger charge is -2.31. The van der Waals surface area contributed by atoms with Gasteiger partial charge in [0.25, 0.3) is 5.69 Å². The highest BCUT2D eigenvalue weighted by molar-refractivity contribution is 5.85. The highest BCUT2D eigenvalue weighted by Gasteiger charge is 2.21. The van der Waals surface area contributed by atoms with Crippen LogP contribution in [0.4, 0.5) is 11.4 Å². The molecule has 1 aromatic carbocycles. The van der Waals surface area contributed by atoms with Crippen LogP contribution in [0.2, 0.25) is 0 Å². The molecule has 0 bridgehead atoms. The summed E-state index contributed by atoms with van der Waals surface area (Å²) in [6.45, 7) is 5.41. The van der Waals surface area contributed by atoms with Gasteiger partial charge in [0.05, 0.1) is 11.1 Å². The van der Waals surface area contributed by atoms with Gasteiger partial charge >= 0.3 is 0 Å². The fourth-order valence-corrected chi connectivity index (χ4v) is 2.84. The molecule has 124 valence electrons. The van der Waals surface area contributed by atoms with Crippen molar-refractivity contribution < 1.29 is 4.92 Å². The summed E-state index contributed by atoms with van der Waals surface area (Å²) >= 11 is 0. The van der Waals surface area contributed by atoms with Crippen LogP contribution in [0.5, 0.6) is 0 Å². The zero-order valence-electron chi connectivity index (χ0n) is 13.2. The summed E-state index contributed by atoms with van der Waals surface area (Å²) < 4.78 is 1.71. The van der Waals surface area contributed by atoms with Crippen LogP contribution in [-0.2, 0) is 7.05 Å². The summed E-state index contributed by atoms with van der Waals surface area (Å²) in [7, 11) is 1.84. The highest BCUT2D eigenvalue weighted by Crippen LogP contribution is 2.36. The van der Waals surface area contributed by atoms with Gasteiger partial charge < -0.3 is 10.2 Å². The Morgan fingerprint density at radius 2 is 2.00 bits per heavy atom. The third kappa shape index (κ3) is 3.46. The van der Waals surface area contributed by atoms with Crippen molar-refractivity contribution in [2.75, 3.05) is 31.1 Å². The largest absolute Gasteiger partial charge is 0.368 e. The predicted octanol–water partition coefficient (Wildman–Crippen LogP) is 2.14. The zero-order chi connectivity index (χ0) is 15.7. The number of piperazine rings is 1. The van der Waals surface area contributed by atoms with Gasteiger partial charge in [-0.15, -0.1) is 12.4 Å². The molecule has 1 saturated heterocycles. The van der Waals surface area contributed by atoms with Crippen LogP contribution in [0.15, 0.2) is 24.5 Å². The maximum absolute atomic E-state index is 11.3. The molecule has 1 aliphatic heterocycles. The number of benzene rings is 1. The Balaban J connectivity index is 0.00000192. The van der Waals surface area contributed by atoms with Gasteiger partial charge in [-0.05, 0) is 13.0 Å². The Hall–Kier alpha value is -2.12. The molecule has 7 nitrogen and oxygen atoms in total. The van der Waals surface area contributed by atoms with Crippen LogP contribution in [0.1, 0.15) is 5.56 Å². The average molecular weight is 338 g/mol. The molecule has 23 heavy (non-hydrogen) atoms. The van der Waals surface area contributed by atoms with Gasteiger partial charge in [-0.2, -0.15) is 5.10 Å². The third-order valence-corrected chi connectivity index (χ3v) is 3.98. The molecule has 0 spiro atoms. The van der Waals surface area contributed by atoms with Crippen molar-refractivity contribution in [3.05, 3.63) is 40.2 Å². The van der Waals surface area contributed by atoms with Crippen molar-refractivity contribution >= 4 is 23.8 Å². The molecule has 2 aromatic rings. The molecule has 1 aromatic heterocycles. The predicted molar refractivity (Wildman–Crippen MR) is 92.4 cm³/mol. The fraction of sp³-hybridized carbons (Fsp3) is 0.400. The van der Waals surface area contributed by atoms with E-state index in [0.29, 0.717) is 5.56 Å². The molecule has 0 amide bonds. The molecule has 3 rings (SSSR count). The van der Waals surface area contributed by atoms with E-state index in [9.17, 15) is 10.1 Å². The summed E-state index contributed by atoms with van der Waals surface area (Å²) in [5, 5.41) is 18.8. The summed E-state index contributed by atoms with van der Waals surface area (Å²) in [5.74, 6) is 0. The van der Waals surface area contributed by atoms with Gasteiger partial charge in [0.15, 0.2) is 0 Å². The van der Waals surface area contributed by atoms with Crippen LogP contribution < -0.4 is 10.2 Å². The summed E-state index contributed by atoms with van der Waals surface area (Å²) in [4.78, 5) is 13.2. The Labute approximate surface area is 140 Å². The topological polar surface area (TPSA) is 76.2 Å². The molecule has 0 atom stereocenters. The number of nitrogens with one attached hydrogen (secondary N) is 1. The number of nitro groups is 1. The van der Waals surface area contributed by atoms with E-state index >= 15 is 0 Å². The first-order valence-electron chi connectivity index (χ1n) is 7.30. The van der Waals surface area contributed by atoms with E-state index in [1.807, 2.05) is 19.3 Å². The second kappa shape index (κ2) is 6.97. The van der Waals surface area contributed by atoms with E-state index in [1.165, 1.54) is 0 Å². The SMILES string of the molecule is Cc1cc(N2CCNCC2)c(-c2cnn(C)c2)cc1[N+](=O)[O-].Cl. The maximum atomic E-state index is 11.3. The van der Waals surface area contributed by atoms with Crippen molar-refractivity contribution in [3.63, 3.8) is 0 Å². The van der Waals surface area contributed by atoms with Crippen LogP contribution in [-0.4, -0.2) is 40.9 Å². The lowest BCUT2D eigenvalue weighted by molar-refractivity contribution is -0.385. The third-order valence-electron chi connectivity index (χ3n) is 3.98. The minimum Gasteiger partial charge on any atom is -0.368 e. The number of hydrogen-bond acceptors (Lipinski definition) is 5. The Morgan fingerprint density at radius 3 is 2.57 bits per heavy atom. The van der Waals surface area contributed by atoms with Gasteiger partial charge in [0.2, 0.25) is 0 Å². The zero-order valence-corrected chi connectivity index (χ0v) is 14.0. The van der Waals surface area contributed by atoms with Crippen LogP contribution in [0.25, 0.3) is 11.1 Å². The first kappa shape index (κ1) is 17.2. The van der Waals surface area contributed by atoms with E-state index in [-0.39, 0.29) is 23.0 Å². The fourth-order valence-electron chi connectivity index (χ4n) is 2.84. The molecule has 8 heteroatoms. The van der Waals surface area contributed by atoms with Crippen molar-refractivity contribution in [2.45, 2.75) is 6.92 Å². The van der Waals surface area contributed by atoms with Crippen LogP contribution >= 0.6 is 12.4 Å². The molecule has 0 unspecified atom stereocenters. The summed E-state index contributed by atoms with van der Waals surface area (Å²) in [6, 6.07) is 3.59. The first-order valence-corrected chi connectivity index (χ1v) is 7.30. The van der Waals surface area contributed by atoms with Gasteiger partial charge in [0.1, 0.15) is 0 Å². The second-order valence-electron chi connectivity index (χ2n) is 5.55. The molecular weight excluding hydrogens is 318 g/mol. The molecule has 1 aliphatic rings. The lowest BCUT2D eigenvalue weighted by Crippen LogP contribution is -2.43. The number of nitro benzene ring substituents is 1. The van der Waals surface area contributed by atoms with Gasteiger partial charge in [-0.25, -0.2) is 0 Å². The number of nitrogens with zero attached hydrogens (tertiary/aromatic N) is 4. The molecule has 2 heterocycles. The van der Waals surface area contributed by atoms with E-state index in [0.717, 1.165) is 43.0 Å². The highest BCUT2D eigenvalue weighted by atomic mass is 35.5. The lowest BCUT2D eigenvalue weighted by atomic mass is 10.0. The first-order chi connectivity index (χ1) is 10.6. The molecule has 1 N–H and O–H groups in total. The molecule has 1 fully saturated rings. The van der Waals surface area contributed by atoms with Crippen LogP contribution in [0.3, 0.4) is 0 Å². The Morgan fingerprint density at radius 1 is 1.30 bits per heavy atom. The van der Waals surface area contributed by atoms with Gasteiger partial charge in [-0.3, -0.25) is 14.8 Å². The number of aryl methyl sites for hydroxylation is 2. The van der Waals surface area contributed by atoms with Gasteiger partial charge in [0, 0.05) is 67.9 Å². The minimum absolute atomic E-state index is 0. The van der Waals surface area contributed by atoms with E-state index in [1.54, 1.807) is 23.9 Å². The number of rotatable bonds is 3. The molecular formula is C15H20ClN5O2. The van der Waals surface area contributed by atoms with Crippen molar-refractivity contribution in [1.29, 1.82) is 0 Å². The van der Waals surface area contributed by atoms with Crippen molar-refractivity contribution in [3.8, 4) is 11.1 Å². The number of aromatic nitrogens is 2. The molecule has 0 aliphatic carbocycles. The monoisotopic (exact) mass is 337 g/mol. The summed E-state index contributed by atoms with van der Waals surface area (Å²) in [5.41, 5.74) is 3.65. The van der Waals surface area contributed by atoms with E-state index in [2.05, 4.69) is 15.3 Å². The van der Waals surface area contributed by atoms with E-state index in [4.69, 9.17) is 0 Å². The van der Waals surface area contributed by atoms with Crippen LogP contribution in [0, 0.1) is 17.0 Å². The molecule has 0 radical (unpaired) electrons. The maximum Gasteiger partial charge on any atom is 0.273 e. The number of anilines is 1. The Kier molecular flexibility index (Phi) is 5.23. The smallest absolute Gasteiger partial charge is 0.273 e.